The van der Waals surface area contributed by atoms with Gasteiger partial charge in [0, 0.05) is 12.8 Å². The van der Waals surface area contributed by atoms with Crippen LogP contribution in [0.15, 0.2) is 0 Å². The largest absolute Gasteiger partial charge is 0.481 e. The minimum atomic E-state index is -0.954. The van der Waals surface area contributed by atoms with E-state index in [4.69, 9.17) is 25.5 Å². The Kier molecular flexibility index (Phi) is 57.1. The molecule has 0 aromatic heterocycles. The van der Waals surface area contributed by atoms with E-state index < -0.39 is 18.0 Å². The summed E-state index contributed by atoms with van der Waals surface area (Å²) in [6, 6.07) is 0. The average molecular weight is 773 g/mol. The Morgan fingerprint density at radius 1 is 0.315 bits per heavy atom. The van der Waals surface area contributed by atoms with E-state index >= 15 is 0 Å². The van der Waals surface area contributed by atoms with Crippen LogP contribution < -0.4 is 0 Å². The molecule has 54 heavy (non-hydrogen) atoms. The van der Waals surface area contributed by atoms with Gasteiger partial charge in [0.15, 0.2) is 0 Å². The van der Waals surface area contributed by atoms with Gasteiger partial charge in [0.1, 0.15) is 6.10 Å². The van der Waals surface area contributed by atoms with Crippen molar-refractivity contribution in [3.63, 3.8) is 0 Å². The maximum Gasteiger partial charge on any atom is 0.303 e. The molecule has 5 N–H and O–H groups in total. The number of aliphatic hydroxyl groups excluding tert-OH is 3. The van der Waals surface area contributed by atoms with E-state index in [1.54, 1.807) is 0 Å². The van der Waals surface area contributed by atoms with Crippen LogP contribution in [0.3, 0.4) is 0 Å². The van der Waals surface area contributed by atoms with Crippen LogP contribution in [0.4, 0.5) is 0 Å². The number of rotatable bonds is 42. The molecular formula is C47H96O7. The topological polar surface area (TPSA) is 135 Å². The third kappa shape index (κ3) is 62.8. The molecule has 0 atom stereocenters. The van der Waals surface area contributed by atoms with Crippen molar-refractivity contribution in [3.05, 3.63) is 0 Å². The molecule has 0 aliphatic heterocycles. The molecule has 0 unspecified atom stereocenters. The van der Waals surface area contributed by atoms with Crippen molar-refractivity contribution < 1.29 is 35.1 Å². The molecule has 0 heterocycles. The zero-order valence-corrected chi connectivity index (χ0v) is 36.3. The molecular weight excluding hydrogens is 677 g/mol. The second-order valence-electron chi connectivity index (χ2n) is 16.0. The van der Waals surface area contributed by atoms with E-state index in [1.165, 1.54) is 218 Å². The Morgan fingerprint density at radius 2 is 0.463 bits per heavy atom. The summed E-state index contributed by atoms with van der Waals surface area (Å²) in [6.45, 7) is 3.84. The van der Waals surface area contributed by atoms with E-state index in [0.717, 1.165) is 25.7 Å². The molecule has 0 saturated heterocycles. The van der Waals surface area contributed by atoms with Gasteiger partial charge in [-0.15, -0.1) is 0 Å². The Bertz CT molecular complexity index is 631. The lowest BCUT2D eigenvalue weighted by Gasteiger charge is -2.03. The van der Waals surface area contributed by atoms with E-state index in [1.807, 2.05) is 0 Å². The Labute approximate surface area is 336 Å². The first kappa shape index (κ1) is 57.1. The Hall–Kier alpha value is -1.18. The van der Waals surface area contributed by atoms with Crippen LogP contribution >= 0.6 is 0 Å². The van der Waals surface area contributed by atoms with Crippen molar-refractivity contribution in [1.82, 2.24) is 0 Å². The van der Waals surface area contributed by atoms with Crippen LogP contribution in [0, 0.1) is 0 Å². The normalized spacial score (nSPS) is 10.9. The standard InChI is InChI=1S/2C22H44O2.C3H8O3/c2*1-2-3-4-5-6-7-8-9-10-11-12-13-14-15-16-17-18-19-20-21-22(23)24;4-1-3(6)2-5/h2*2-21H2,1H3,(H,23,24);3-6H,1-2H2. The van der Waals surface area contributed by atoms with Gasteiger partial charge in [-0.2, -0.15) is 0 Å². The quantitative estimate of drug-likeness (QED) is 0.0390. The zero-order chi connectivity index (χ0) is 40.4. The highest BCUT2D eigenvalue weighted by atomic mass is 16.4. The predicted octanol–water partition coefficient (Wildman–Crippen LogP) is 14.1. The minimum Gasteiger partial charge on any atom is -0.481 e. The van der Waals surface area contributed by atoms with E-state index in [0.29, 0.717) is 12.8 Å². The number of hydrogen-bond acceptors (Lipinski definition) is 5. The molecule has 0 aromatic carbocycles. The summed E-state index contributed by atoms with van der Waals surface area (Å²) >= 11 is 0. The first-order chi connectivity index (χ1) is 26.3. The molecule has 7 heteroatoms. The van der Waals surface area contributed by atoms with Gasteiger partial charge in [-0.3, -0.25) is 9.59 Å². The molecule has 0 spiro atoms. The number of hydrogen-bond donors (Lipinski definition) is 5. The van der Waals surface area contributed by atoms with Gasteiger partial charge in [-0.25, -0.2) is 0 Å². The van der Waals surface area contributed by atoms with Crippen LogP contribution in [0.5, 0.6) is 0 Å². The molecule has 0 aliphatic rings. The first-order valence-electron chi connectivity index (χ1n) is 23.7. The Balaban J connectivity index is -0.000000835. The summed E-state index contributed by atoms with van der Waals surface area (Å²) in [7, 11) is 0. The maximum absolute atomic E-state index is 10.4. The number of aliphatic hydroxyl groups is 3. The van der Waals surface area contributed by atoms with E-state index in [-0.39, 0.29) is 13.2 Å². The number of unbranched alkanes of at least 4 members (excludes halogenated alkanes) is 36. The van der Waals surface area contributed by atoms with Gasteiger partial charge < -0.3 is 25.5 Å². The summed E-state index contributed by atoms with van der Waals surface area (Å²) in [6.07, 6.45) is 51.2. The second-order valence-corrected chi connectivity index (χ2v) is 16.0. The Morgan fingerprint density at radius 3 is 0.574 bits per heavy atom. The SMILES string of the molecule is CCCCCCCCCCCCCCCCCCCCCC(=O)O.CCCCCCCCCCCCCCCCCCCCCC(=O)O.OCC(O)CO. The minimum absolute atomic E-state index is 0.346. The van der Waals surface area contributed by atoms with Crippen LogP contribution in [0.1, 0.15) is 271 Å². The molecule has 0 fully saturated rings. The number of carbonyl (C=O) groups is 2. The average Bonchev–Trinajstić information content (AvgIpc) is 3.16. The molecule has 0 radical (unpaired) electrons. The van der Waals surface area contributed by atoms with Crippen LogP contribution in [-0.4, -0.2) is 56.8 Å². The van der Waals surface area contributed by atoms with Gasteiger partial charge in [-0.1, -0.05) is 245 Å². The summed E-state index contributed by atoms with van der Waals surface area (Å²) in [5.74, 6) is -1.30. The zero-order valence-electron chi connectivity index (χ0n) is 36.3. The number of carboxylic acid groups (broad SMARTS) is 2. The molecule has 0 bridgehead atoms. The van der Waals surface area contributed by atoms with Crippen molar-refractivity contribution in [2.45, 2.75) is 277 Å². The molecule has 0 saturated carbocycles. The molecule has 0 amide bonds. The summed E-state index contributed by atoms with van der Waals surface area (Å²) < 4.78 is 0. The summed E-state index contributed by atoms with van der Waals surface area (Å²) in [5.41, 5.74) is 0. The second kappa shape index (κ2) is 53.9. The van der Waals surface area contributed by atoms with Gasteiger partial charge >= 0.3 is 11.9 Å². The van der Waals surface area contributed by atoms with Gasteiger partial charge in [-0.05, 0) is 12.8 Å². The fourth-order valence-electron chi connectivity index (χ4n) is 6.77. The fraction of sp³-hybridized carbons (Fsp3) is 0.957. The van der Waals surface area contributed by atoms with Crippen LogP contribution in [0.2, 0.25) is 0 Å². The molecule has 326 valence electrons. The molecule has 0 aliphatic carbocycles. The smallest absolute Gasteiger partial charge is 0.303 e. The van der Waals surface area contributed by atoms with Crippen molar-refractivity contribution in [2.24, 2.45) is 0 Å². The predicted molar refractivity (Wildman–Crippen MR) is 231 cm³/mol. The third-order valence-corrected chi connectivity index (χ3v) is 10.4. The molecule has 0 aromatic rings. The lowest BCUT2D eigenvalue weighted by Crippen LogP contribution is -2.15. The third-order valence-electron chi connectivity index (χ3n) is 10.4. The van der Waals surface area contributed by atoms with Crippen molar-refractivity contribution in [3.8, 4) is 0 Å². The summed E-state index contributed by atoms with van der Waals surface area (Å²) in [5, 5.41) is 41.1. The fourth-order valence-corrected chi connectivity index (χ4v) is 6.77. The highest BCUT2D eigenvalue weighted by molar-refractivity contribution is 5.66. The van der Waals surface area contributed by atoms with Crippen LogP contribution in [0.25, 0.3) is 0 Å². The lowest BCUT2D eigenvalue weighted by molar-refractivity contribution is -0.138. The van der Waals surface area contributed by atoms with Crippen molar-refractivity contribution in [1.29, 1.82) is 0 Å². The number of aliphatic carboxylic acids is 2. The maximum atomic E-state index is 10.4. The van der Waals surface area contributed by atoms with E-state index in [9.17, 15) is 9.59 Å². The first-order valence-corrected chi connectivity index (χ1v) is 23.7. The number of carboxylic acids is 2. The lowest BCUT2D eigenvalue weighted by atomic mass is 10.0. The highest BCUT2D eigenvalue weighted by Gasteiger charge is 1.99. The van der Waals surface area contributed by atoms with Gasteiger partial charge in [0.25, 0.3) is 0 Å². The van der Waals surface area contributed by atoms with Gasteiger partial charge in [0.2, 0.25) is 0 Å². The van der Waals surface area contributed by atoms with E-state index in [2.05, 4.69) is 13.8 Å². The summed E-state index contributed by atoms with van der Waals surface area (Å²) in [4.78, 5) is 20.8. The van der Waals surface area contributed by atoms with Crippen molar-refractivity contribution >= 4 is 11.9 Å². The van der Waals surface area contributed by atoms with Crippen LogP contribution in [-0.2, 0) is 9.59 Å². The van der Waals surface area contributed by atoms with Crippen molar-refractivity contribution in [2.75, 3.05) is 13.2 Å². The molecule has 0 rings (SSSR count). The molecule has 7 nitrogen and oxygen atoms in total. The van der Waals surface area contributed by atoms with Gasteiger partial charge in [0.05, 0.1) is 13.2 Å². The monoisotopic (exact) mass is 773 g/mol. The highest BCUT2D eigenvalue weighted by Crippen LogP contribution is 2.16.